The van der Waals surface area contributed by atoms with E-state index in [1.807, 2.05) is 12.1 Å². The monoisotopic (exact) mass is 208 g/mol. The molecule has 15 heavy (non-hydrogen) atoms. The van der Waals surface area contributed by atoms with Gasteiger partial charge in [0.15, 0.2) is 0 Å². The van der Waals surface area contributed by atoms with Crippen molar-refractivity contribution in [1.29, 1.82) is 0 Å². The molecule has 0 spiro atoms. The van der Waals surface area contributed by atoms with Crippen LogP contribution in [-0.4, -0.2) is 29.1 Å². The van der Waals surface area contributed by atoms with Crippen LogP contribution in [0.4, 0.5) is 0 Å². The first kappa shape index (κ1) is 11.7. The Balaban J connectivity index is 2.56. The highest BCUT2D eigenvalue weighted by Gasteiger charge is 2.19. The molecule has 4 heteroatoms. The number of nitrogens with one attached hydrogen (secondary N) is 1. The van der Waals surface area contributed by atoms with Crippen LogP contribution in [0.2, 0.25) is 0 Å². The summed E-state index contributed by atoms with van der Waals surface area (Å²) < 4.78 is 0. The SMILES string of the molecule is CC(C)(CNCC(=O)O)c1ccncc1. The van der Waals surface area contributed by atoms with Gasteiger partial charge in [-0.05, 0) is 17.7 Å². The van der Waals surface area contributed by atoms with Crippen molar-refractivity contribution in [2.45, 2.75) is 19.3 Å². The molecule has 0 saturated heterocycles. The fourth-order valence-electron chi connectivity index (χ4n) is 1.39. The minimum absolute atomic E-state index is 0.00544. The van der Waals surface area contributed by atoms with Crippen molar-refractivity contribution in [1.82, 2.24) is 10.3 Å². The van der Waals surface area contributed by atoms with Crippen LogP contribution in [0.3, 0.4) is 0 Å². The van der Waals surface area contributed by atoms with E-state index < -0.39 is 5.97 Å². The molecule has 0 aliphatic rings. The molecule has 0 fully saturated rings. The number of aliphatic carboxylic acids is 1. The first-order valence-electron chi connectivity index (χ1n) is 4.85. The Labute approximate surface area is 89.3 Å². The lowest BCUT2D eigenvalue weighted by Crippen LogP contribution is -2.35. The summed E-state index contributed by atoms with van der Waals surface area (Å²) in [6.07, 6.45) is 3.49. The molecule has 1 aromatic heterocycles. The molecule has 0 saturated carbocycles. The van der Waals surface area contributed by atoms with Gasteiger partial charge in [0.25, 0.3) is 0 Å². The first-order valence-corrected chi connectivity index (χ1v) is 4.85. The molecule has 4 nitrogen and oxygen atoms in total. The molecule has 82 valence electrons. The van der Waals surface area contributed by atoms with E-state index >= 15 is 0 Å². The molecule has 1 rings (SSSR count). The number of aromatic nitrogens is 1. The van der Waals surface area contributed by atoms with Crippen molar-refractivity contribution in [2.75, 3.05) is 13.1 Å². The van der Waals surface area contributed by atoms with Gasteiger partial charge in [0.2, 0.25) is 0 Å². The molecule has 0 aliphatic carbocycles. The van der Waals surface area contributed by atoms with Gasteiger partial charge in [-0.2, -0.15) is 0 Å². The van der Waals surface area contributed by atoms with Crippen molar-refractivity contribution in [3.8, 4) is 0 Å². The zero-order valence-corrected chi connectivity index (χ0v) is 9.03. The minimum atomic E-state index is -0.833. The first-order chi connectivity index (χ1) is 7.02. The number of hydrogen-bond donors (Lipinski definition) is 2. The lowest BCUT2D eigenvalue weighted by Gasteiger charge is -2.25. The summed E-state index contributed by atoms with van der Waals surface area (Å²) in [7, 11) is 0. The van der Waals surface area contributed by atoms with Crippen molar-refractivity contribution >= 4 is 5.97 Å². The van der Waals surface area contributed by atoms with Crippen LogP contribution in [0.25, 0.3) is 0 Å². The zero-order valence-electron chi connectivity index (χ0n) is 9.03. The van der Waals surface area contributed by atoms with Gasteiger partial charge in [-0.1, -0.05) is 13.8 Å². The maximum Gasteiger partial charge on any atom is 0.317 e. The molecule has 1 aromatic rings. The summed E-state index contributed by atoms with van der Waals surface area (Å²) in [6, 6.07) is 3.89. The van der Waals surface area contributed by atoms with Crippen LogP contribution in [-0.2, 0) is 10.2 Å². The molecule has 0 aliphatic heterocycles. The molecule has 0 bridgehead atoms. The zero-order chi connectivity index (χ0) is 11.3. The molecule has 0 unspecified atom stereocenters. The fraction of sp³-hybridized carbons (Fsp3) is 0.455. The predicted molar refractivity (Wildman–Crippen MR) is 57.8 cm³/mol. The molecular weight excluding hydrogens is 192 g/mol. The van der Waals surface area contributed by atoms with Crippen LogP contribution >= 0.6 is 0 Å². The smallest absolute Gasteiger partial charge is 0.317 e. The lowest BCUT2D eigenvalue weighted by molar-refractivity contribution is -0.136. The highest BCUT2D eigenvalue weighted by atomic mass is 16.4. The van der Waals surface area contributed by atoms with E-state index in [4.69, 9.17) is 5.11 Å². The van der Waals surface area contributed by atoms with E-state index in [2.05, 4.69) is 24.1 Å². The number of carboxylic acid groups (broad SMARTS) is 1. The Kier molecular flexibility index (Phi) is 3.80. The average molecular weight is 208 g/mol. The lowest BCUT2D eigenvalue weighted by atomic mass is 9.85. The maximum atomic E-state index is 10.3. The normalized spacial score (nSPS) is 11.3. The molecule has 1 heterocycles. The highest BCUT2D eigenvalue weighted by Crippen LogP contribution is 2.20. The average Bonchev–Trinajstić information content (AvgIpc) is 2.18. The van der Waals surface area contributed by atoms with E-state index in [0.29, 0.717) is 6.54 Å². The van der Waals surface area contributed by atoms with E-state index in [1.165, 1.54) is 0 Å². The summed E-state index contributed by atoms with van der Waals surface area (Å²) in [4.78, 5) is 14.3. The molecule has 0 radical (unpaired) electrons. The van der Waals surface area contributed by atoms with Gasteiger partial charge < -0.3 is 10.4 Å². The van der Waals surface area contributed by atoms with E-state index in [9.17, 15) is 4.79 Å². The number of rotatable bonds is 5. The molecular formula is C11H16N2O2. The Bertz CT molecular complexity index is 323. The van der Waals surface area contributed by atoms with E-state index in [1.54, 1.807) is 12.4 Å². The van der Waals surface area contributed by atoms with Gasteiger partial charge in [-0.15, -0.1) is 0 Å². The standard InChI is InChI=1S/C11H16N2O2/c1-11(2,8-13-7-10(14)15)9-3-5-12-6-4-9/h3-6,13H,7-8H2,1-2H3,(H,14,15). The van der Waals surface area contributed by atoms with Gasteiger partial charge in [-0.3, -0.25) is 9.78 Å². The number of pyridine rings is 1. The Hall–Kier alpha value is -1.42. The Morgan fingerprint density at radius 1 is 1.47 bits per heavy atom. The van der Waals surface area contributed by atoms with Crippen LogP contribution in [0.1, 0.15) is 19.4 Å². The minimum Gasteiger partial charge on any atom is -0.480 e. The molecule has 0 atom stereocenters. The summed E-state index contributed by atoms with van der Waals surface area (Å²) in [5.41, 5.74) is 1.06. The van der Waals surface area contributed by atoms with Gasteiger partial charge in [0.05, 0.1) is 6.54 Å². The topological polar surface area (TPSA) is 62.2 Å². The number of carbonyl (C=O) groups is 1. The summed E-state index contributed by atoms with van der Waals surface area (Å²) in [5, 5.41) is 11.4. The number of carboxylic acids is 1. The van der Waals surface area contributed by atoms with Crippen molar-refractivity contribution in [2.24, 2.45) is 0 Å². The second-order valence-electron chi connectivity index (χ2n) is 4.12. The summed E-state index contributed by atoms with van der Waals surface area (Å²) in [5.74, 6) is -0.833. The van der Waals surface area contributed by atoms with Gasteiger partial charge in [0.1, 0.15) is 0 Å². The molecule has 2 N–H and O–H groups in total. The van der Waals surface area contributed by atoms with Gasteiger partial charge in [0, 0.05) is 24.4 Å². The van der Waals surface area contributed by atoms with E-state index in [0.717, 1.165) is 5.56 Å². The third-order valence-corrected chi connectivity index (χ3v) is 2.30. The second-order valence-corrected chi connectivity index (χ2v) is 4.12. The largest absolute Gasteiger partial charge is 0.480 e. The summed E-state index contributed by atoms with van der Waals surface area (Å²) >= 11 is 0. The summed E-state index contributed by atoms with van der Waals surface area (Å²) in [6.45, 7) is 4.76. The number of hydrogen-bond acceptors (Lipinski definition) is 3. The van der Waals surface area contributed by atoms with Crippen molar-refractivity contribution in [3.63, 3.8) is 0 Å². The van der Waals surface area contributed by atoms with Crippen molar-refractivity contribution < 1.29 is 9.90 Å². The number of nitrogens with zero attached hydrogens (tertiary/aromatic N) is 1. The third-order valence-electron chi connectivity index (χ3n) is 2.30. The van der Waals surface area contributed by atoms with Crippen LogP contribution < -0.4 is 5.32 Å². The predicted octanol–water partition coefficient (Wildman–Crippen LogP) is 1.03. The second kappa shape index (κ2) is 4.89. The van der Waals surface area contributed by atoms with Gasteiger partial charge >= 0.3 is 5.97 Å². The molecule has 0 aromatic carbocycles. The van der Waals surface area contributed by atoms with Crippen molar-refractivity contribution in [3.05, 3.63) is 30.1 Å². The van der Waals surface area contributed by atoms with Gasteiger partial charge in [-0.25, -0.2) is 0 Å². The van der Waals surface area contributed by atoms with Crippen LogP contribution in [0, 0.1) is 0 Å². The van der Waals surface area contributed by atoms with Crippen LogP contribution in [0.5, 0.6) is 0 Å². The maximum absolute atomic E-state index is 10.3. The Morgan fingerprint density at radius 2 is 2.07 bits per heavy atom. The molecule has 0 amide bonds. The van der Waals surface area contributed by atoms with E-state index in [-0.39, 0.29) is 12.0 Å². The highest BCUT2D eigenvalue weighted by molar-refractivity contribution is 5.69. The fourth-order valence-corrected chi connectivity index (χ4v) is 1.39. The van der Waals surface area contributed by atoms with Crippen LogP contribution in [0.15, 0.2) is 24.5 Å². The quantitative estimate of drug-likeness (QED) is 0.758. The Morgan fingerprint density at radius 3 is 2.60 bits per heavy atom. The third kappa shape index (κ3) is 3.67.